The summed E-state index contributed by atoms with van der Waals surface area (Å²) in [6, 6.07) is 15.2. The predicted octanol–water partition coefficient (Wildman–Crippen LogP) is 4.28. The molecular weight excluding hydrogens is 307 g/mol. The molecule has 24 heavy (non-hydrogen) atoms. The topological polar surface area (TPSA) is 46.3 Å². The zero-order valence-corrected chi connectivity index (χ0v) is 13.5. The Labute approximate surface area is 139 Å². The van der Waals surface area contributed by atoms with Crippen LogP contribution in [0.25, 0.3) is 0 Å². The molecule has 1 heterocycles. The van der Waals surface area contributed by atoms with Gasteiger partial charge in [-0.05, 0) is 38.1 Å². The third-order valence-electron chi connectivity index (χ3n) is 3.91. The van der Waals surface area contributed by atoms with Gasteiger partial charge in [0.25, 0.3) is 5.91 Å². The Morgan fingerprint density at radius 1 is 1.08 bits per heavy atom. The molecule has 0 aliphatic rings. The van der Waals surface area contributed by atoms with E-state index >= 15 is 0 Å². The molecule has 4 nitrogen and oxygen atoms in total. The first-order valence-electron chi connectivity index (χ1n) is 7.61. The summed E-state index contributed by atoms with van der Waals surface area (Å²) >= 11 is 0. The maximum Gasteiger partial charge on any atom is 0.261 e. The predicted molar refractivity (Wildman–Crippen MR) is 89.3 cm³/mol. The number of halogens is 1. The molecule has 0 atom stereocenters. The second-order valence-electron chi connectivity index (χ2n) is 5.51. The number of nitrogens with zero attached hydrogens (tertiary/aromatic N) is 2. The number of aryl methyl sites for hydroxylation is 2. The van der Waals surface area contributed by atoms with Crippen LogP contribution < -0.4 is 4.90 Å². The summed E-state index contributed by atoms with van der Waals surface area (Å²) in [5.41, 5.74) is 2.26. The standard InChI is InChI=1S/C19H17FN2O2/c1-13-17(14(2)24-21-13)12-22(15-8-4-3-5-9-15)19(23)16-10-6-7-11-18(16)20/h3-11H,12H2,1-2H3. The van der Waals surface area contributed by atoms with Gasteiger partial charge in [-0.1, -0.05) is 35.5 Å². The summed E-state index contributed by atoms with van der Waals surface area (Å²) in [5.74, 6) is -0.295. The van der Waals surface area contributed by atoms with Crippen molar-refractivity contribution < 1.29 is 13.7 Å². The van der Waals surface area contributed by atoms with Crippen LogP contribution in [0.15, 0.2) is 59.1 Å². The highest BCUT2D eigenvalue weighted by Crippen LogP contribution is 2.23. The minimum absolute atomic E-state index is 0.0353. The number of benzene rings is 2. The zero-order valence-electron chi connectivity index (χ0n) is 13.5. The summed E-state index contributed by atoms with van der Waals surface area (Å²) in [5, 5.41) is 3.93. The molecule has 1 amide bonds. The van der Waals surface area contributed by atoms with E-state index in [0.717, 1.165) is 11.3 Å². The lowest BCUT2D eigenvalue weighted by Gasteiger charge is -2.23. The average Bonchev–Trinajstić information content (AvgIpc) is 2.92. The van der Waals surface area contributed by atoms with Crippen molar-refractivity contribution in [3.8, 4) is 0 Å². The molecule has 0 spiro atoms. The Kier molecular flexibility index (Phi) is 4.42. The molecule has 0 N–H and O–H groups in total. The number of hydrogen-bond acceptors (Lipinski definition) is 3. The molecule has 122 valence electrons. The van der Waals surface area contributed by atoms with E-state index in [-0.39, 0.29) is 12.1 Å². The van der Waals surface area contributed by atoms with Crippen molar-refractivity contribution in [3.05, 3.63) is 83.0 Å². The summed E-state index contributed by atoms with van der Waals surface area (Å²) in [4.78, 5) is 14.5. The second kappa shape index (κ2) is 6.66. The average molecular weight is 324 g/mol. The van der Waals surface area contributed by atoms with Crippen molar-refractivity contribution in [3.63, 3.8) is 0 Å². The Hall–Kier alpha value is -2.95. The van der Waals surface area contributed by atoms with Crippen molar-refractivity contribution in [2.45, 2.75) is 20.4 Å². The fraction of sp³-hybridized carbons (Fsp3) is 0.158. The molecule has 0 radical (unpaired) electrons. The quantitative estimate of drug-likeness (QED) is 0.720. The van der Waals surface area contributed by atoms with Crippen LogP contribution >= 0.6 is 0 Å². The van der Waals surface area contributed by atoms with Crippen molar-refractivity contribution >= 4 is 11.6 Å². The van der Waals surface area contributed by atoms with Gasteiger partial charge in [-0.25, -0.2) is 4.39 Å². The SMILES string of the molecule is Cc1noc(C)c1CN(C(=O)c1ccccc1F)c1ccccc1. The molecule has 0 unspecified atom stereocenters. The number of para-hydroxylation sites is 1. The largest absolute Gasteiger partial charge is 0.361 e. The molecule has 0 aliphatic carbocycles. The molecule has 3 rings (SSSR count). The number of anilines is 1. The van der Waals surface area contributed by atoms with Gasteiger partial charge < -0.3 is 9.42 Å². The van der Waals surface area contributed by atoms with E-state index in [4.69, 9.17) is 4.52 Å². The summed E-state index contributed by atoms with van der Waals surface area (Å²) in [7, 11) is 0. The monoisotopic (exact) mass is 324 g/mol. The van der Waals surface area contributed by atoms with E-state index in [1.807, 2.05) is 37.3 Å². The van der Waals surface area contributed by atoms with Gasteiger partial charge in [0.05, 0.1) is 17.8 Å². The van der Waals surface area contributed by atoms with Crippen LogP contribution in [0.1, 0.15) is 27.4 Å². The number of carbonyl (C=O) groups is 1. The van der Waals surface area contributed by atoms with Crippen molar-refractivity contribution in [1.82, 2.24) is 5.16 Å². The zero-order chi connectivity index (χ0) is 17.1. The molecule has 2 aromatic carbocycles. The van der Waals surface area contributed by atoms with Crippen LogP contribution in [0.3, 0.4) is 0 Å². The third kappa shape index (κ3) is 3.06. The number of carbonyl (C=O) groups excluding carboxylic acids is 1. The van der Waals surface area contributed by atoms with Crippen molar-refractivity contribution in [1.29, 1.82) is 0 Å². The molecule has 0 aliphatic heterocycles. The number of amides is 1. The van der Waals surface area contributed by atoms with E-state index in [2.05, 4.69) is 5.16 Å². The lowest BCUT2D eigenvalue weighted by atomic mass is 10.1. The fourth-order valence-corrected chi connectivity index (χ4v) is 2.55. The van der Waals surface area contributed by atoms with Crippen molar-refractivity contribution in [2.24, 2.45) is 0 Å². The maximum absolute atomic E-state index is 14.1. The highest BCUT2D eigenvalue weighted by atomic mass is 19.1. The van der Waals surface area contributed by atoms with Gasteiger partial charge in [0.15, 0.2) is 0 Å². The Morgan fingerprint density at radius 3 is 2.38 bits per heavy atom. The number of aromatic nitrogens is 1. The summed E-state index contributed by atoms with van der Waals surface area (Å²) < 4.78 is 19.3. The Bertz CT molecular complexity index is 839. The van der Waals surface area contributed by atoms with Gasteiger partial charge in [0, 0.05) is 11.3 Å². The van der Waals surface area contributed by atoms with Crippen LogP contribution in [0.2, 0.25) is 0 Å². The van der Waals surface area contributed by atoms with Gasteiger partial charge in [-0.15, -0.1) is 0 Å². The molecule has 5 heteroatoms. The van der Waals surface area contributed by atoms with Gasteiger partial charge in [-0.3, -0.25) is 4.79 Å². The lowest BCUT2D eigenvalue weighted by molar-refractivity contribution is 0.0981. The highest BCUT2D eigenvalue weighted by molar-refractivity contribution is 6.06. The lowest BCUT2D eigenvalue weighted by Crippen LogP contribution is -2.31. The molecule has 0 bridgehead atoms. The highest BCUT2D eigenvalue weighted by Gasteiger charge is 2.23. The first kappa shape index (κ1) is 15.9. The van der Waals surface area contributed by atoms with E-state index in [1.54, 1.807) is 19.1 Å². The molecule has 1 aromatic heterocycles. The van der Waals surface area contributed by atoms with E-state index in [9.17, 15) is 9.18 Å². The number of hydrogen-bond donors (Lipinski definition) is 0. The fourth-order valence-electron chi connectivity index (χ4n) is 2.55. The van der Waals surface area contributed by atoms with E-state index in [1.165, 1.54) is 17.0 Å². The van der Waals surface area contributed by atoms with Crippen LogP contribution in [0.4, 0.5) is 10.1 Å². The molecule has 0 fully saturated rings. The normalized spacial score (nSPS) is 10.6. The smallest absolute Gasteiger partial charge is 0.261 e. The summed E-state index contributed by atoms with van der Waals surface area (Å²) in [6.45, 7) is 3.88. The van der Waals surface area contributed by atoms with Crippen LogP contribution in [-0.2, 0) is 6.54 Å². The third-order valence-corrected chi connectivity index (χ3v) is 3.91. The van der Waals surface area contributed by atoms with Crippen LogP contribution in [0, 0.1) is 19.7 Å². The first-order chi connectivity index (χ1) is 11.6. The van der Waals surface area contributed by atoms with Gasteiger partial charge in [-0.2, -0.15) is 0 Å². The van der Waals surface area contributed by atoms with E-state index in [0.29, 0.717) is 11.4 Å². The van der Waals surface area contributed by atoms with Gasteiger partial charge >= 0.3 is 0 Å². The molecule has 0 saturated heterocycles. The number of rotatable bonds is 4. The minimum atomic E-state index is -0.540. The Morgan fingerprint density at radius 2 is 1.75 bits per heavy atom. The van der Waals surface area contributed by atoms with Crippen LogP contribution in [0.5, 0.6) is 0 Å². The molecular formula is C19H17FN2O2. The van der Waals surface area contributed by atoms with Gasteiger partial charge in [0.1, 0.15) is 11.6 Å². The van der Waals surface area contributed by atoms with E-state index < -0.39 is 11.7 Å². The minimum Gasteiger partial charge on any atom is -0.361 e. The first-order valence-corrected chi connectivity index (χ1v) is 7.61. The van der Waals surface area contributed by atoms with Gasteiger partial charge in [0.2, 0.25) is 0 Å². The Balaban J connectivity index is 2.03. The van der Waals surface area contributed by atoms with Crippen molar-refractivity contribution in [2.75, 3.05) is 4.90 Å². The van der Waals surface area contributed by atoms with Crippen LogP contribution in [-0.4, -0.2) is 11.1 Å². The molecule has 0 saturated carbocycles. The molecule has 3 aromatic rings. The summed E-state index contributed by atoms with van der Waals surface area (Å²) in [6.07, 6.45) is 0. The second-order valence-corrected chi connectivity index (χ2v) is 5.51. The maximum atomic E-state index is 14.1.